The fourth-order valence-electron chi connectivity index (χ4n) is 3.76. The first-order valence-corrected chi connectivity index (χ1v) is 9.52. The van der Waals surface area contributed by atoms with E-state index in [1.807, 2.05) is 20.2 Å². The quantitative estimate of drug-likeness (QED) is 0.607. The van der Waals surface area contributed by atoms with Crippen LogP contribution in [0.4, 0.5) is 0 Å². The van der Waals surface area contributed by atoms with Crippen LogP contribution in [0.25, 0.3) is 0 Å². The van der Waals surface area contributed by atoms with E-state index in [-0.39, 0.29) is 16.7 Å². The van der Waals surface area contributed by atoms with Crippen LogP contribution < -0.4 is 10.6 Å². The third kappa shape index (κ3) is 4.77. The Balaban J connectivity index is 1.96. The smallest absolute Gasteiger partial charge is 0.230 e. The number of guanidine groups is 1. The first-order chi connectivity index (χ1) is 12.3. The largest absolute Gasteiger partial charge is 0.356 e. The van der Waals surface area contributed by atoms with Gasteiger partial charge in [0.2, 0.25) is 5.91 Å². The molecule has 0 saturated heterocycles. The maximum atomic E-state index is 12.7. The van der Waals surface area contributed by atoms with Gasteiger partial charge in [0, 0.05) is 39.6 Å². The van der Waals surface area contributed by atoms with Crippen LogP contribution >= 0.6 is 0 Å². The molecule has 2 N–H and O–H groups in total. The van der Waals surface area contributed by atoms with Crippen LogP contribution in [0.3, 0.4) is 0 Å². The Morgan fingerprint density at radius 2 is 1.77 bits per heavy atom. The van der Waals surface area contributed by atoms with Crippen LogP contribution in [0.2, 0.25) is 0 Å². The normalized spacial score (nSPS) is 17.0. The molecule has 26 heavy (non-hydrogen) atoms. The van der Waals surface area contributed by atoms with Gasteiger partial charge >= 0.3 is 0 Å². The molecule has 1 saturated carbocycles. The Kier molecular flexibility index (Phi) is 6.68. The van der Waals surface area contributed by atoms with Gasteiger partial charge in [0.05, 0.1) is 5.41 Å². The molecular weight excluding hydrogens is 324 g/mol. The fraction of sp³-hybridized carbons (Fsp3) is 0.619. The highest BCUT2D eigenvalue weighted by molar-refractivity contribution is 5.85. The van der Waals surface area contributed by atoms with Crippen molar-refractivity contribution in [2.75, 3.05) is 34.2 Å². The second-order valence-corrected chi connectivity index (χ2v) is 8.22. The summed E-state index contributed by atoms with van der Waals surface area (Å²) in [6.07, 6.45) is 4.13. The number of hydrogen-bond acceptors (Lipinski definition) is 2. The number of amides is 1. The van der Waals surface area contributed by atoms with Gasteiger partial charge in [0.15, 0.2) is 5.96 Å². The maximum Gasteiger partial charge on any atom is 0.230 e. The average molecular weight is 359 g/mol. The average Bonchev–Trinajstić information content (AvgIpc) is 3.12. The van der Waals surface area contributed by atoms with E-state index in [1.165, 1.54) is 5.56 Å². The van der Waals surface area contributed by atoms with Crippen molar-refractivity contribution in [2.45, 2.75) is 44.9 Å². The summed E-state index contributed by atoms with van der Waals surface area (Å²) in [5, 5.41) is 6.83. The van der Waals surface area contributed by atoms with Gasteiger partial charge in [-0.3, -0.25) is 9.79 Å². The molecule has 144 valence electrons. The number of hydrogen-bond donors (Lipinski definition) is 2. The summed E-state index contributed by atoms with van der Waals surface area (Å²) in [6.45, 7) is 5.84. The predicted octanol–water partition coefficient (Wildman–Crippen LogP) is 2.78. The van der Waals surface area contributed by atoms with Gasteiger partial charge in [-0.25, -0.2) is 0 Å². The number of rotatable bonds is 6. The third-order valence-corrected chi connectivity index (χ3v) is 5.49. The highest BCUT2D eigenvalue weighted by Gasteiger charge is 2.42. The van der Waals surface area contributed by atoms with Gasteiger partial charge < -0.3 is 15.5 Å². The van der Waals surface area contributed by atoms with Crippen molar-refractivity contribution >= 4 is 11.9 Å². The highest BCUT2D eigenvalue weighted by atomic mass is 16.2. The van der Waals surface area contributed by atoms with Crippen LogP contribution in [0.1, 0.15) is 45.1 Å². The van der Waals surface area contributed by atoms with Crippen molar-refractivity contribution in [1.82, 2.24) is 15.5 Å². The second kappa shape index (κ2) is 8.56. The van der Waals surface area contributed by atoms with Crippen LogP contribution in [0, 0.1) is 5.41 Å². The van der Waals surface area contributed by atoms with Crippen LogP contribution in [0.15, 0.2) is 35.3 Å². The second-order valence-electron chi connectivity index (χ2n) is 8.22. The molecule has 0 aliphatic heterocycles. The van der Waals surface area contributed by atoms with Crippen molar-refractivity contribution in [3.8, 4) is 0 Å². The van der Waals surface area contributed by atoms with Crippen LogP contribution in [-0.2, 0) is 10.2 Å². The number of benzene rings is 1. The Morgan fingerprint density at radius 3 is 2.31 bits per heavy atom. The van der Waals surface area contributed by atoms with Crippen molar-refractivity contribution < 1.29 is 4.79 Å². The van der Waals surface area contributed by atoms with E-state index in [2.05, 4.69) is 53.7 Å². The molecule has 0 heterocycles. The van der Waals surface area contributed by atoms with E-state index in [0.29, 0.717) is 6.54 Å². The Labute approximate surface area is 158 Å². The third-order valence-electron chi connectivity index (χ3n) is 5.49. The molecule has 1 aromatic rings. The molecule has 0 atom stereocenters. The van der Waals surface area contributed by atoms with Gasteiger partial charge in [-0.2, -0.15) is 0 Å². The molecule has 1 amide bonds. The lowest BCUT2D eigenvalue weighted by Crippen LogP contribution is -2.50. The molecule has 2 rings (SSSR count). The summed E-state index contributed by atoms with van der Waals surface area (Å²) < 4.78 is 0. The van der Waals surface area contributed by atoms with E-state index >= 15 is 0 Å². The molecule has 5 nitrogen and oxygen atoms in total. The minimum atomic E-state index is -0.296. The van der Waals surface area contributed by atoms with E-state index in [1.54, 1.807) is 11.9 Å². The molecule has 0 aromatic heterocycles. The summed E-state index contributed by atoms with van der Waals surface area (Å²) in [7, 11) is 5.47. The van der Waals surface area contributed by atoms with E-state index in [4.69, 9.17) is 0 Å². The molecule has 0 radical (unpaired) electrons. The lowest BCUT2D eigenvalue weighted by atomic mass is 9.84. The van der Waals surface area contributed by atoms with Crippen molar-refractivity contribution in [3.05, 3.63) is 35.9 Å². The minimum Gasteiger partial charge on any atom is -0.356 e. The zero-order valence-electron chi connectivity index (χ0n) is 16.9. The molecule has 0 unspecified atom stereocenters. The molecule has 1 aromatic carbocycles. The van der Waals surface area contributed by atoms with Gasteiger partial charge in [-0.1, -0.05) is 57.0 Å². The standard InChI is InChI=1S/C21H34N4O/c1-20(2,17-11-7-6-8-12-17)15-23-19(22-3)24-16-21(13-9-10-14-21)18(26)25(4)5/h6-8,11-12H,9-10,13-16H2,1-5H3,(H2,22,23,24). The topological polar surface area (TPSA) is 56.7 Å². The van der Waals surface area contributed by atoms with Crippen molar-refractivity contribution in [1.29, 1.82) is 0 Å². The molecule has 0 bridgehead atoms. The van der Waals surface area contributed by atoms with E-state index in [0.717, 1.165) is 38.2 Å². The number of nitrogens with one attached hydrogen (secondary N) is 2. The van der Waals surface area contributed by atoms with Gasteiger partial charge in [-0.05, 0) is 18.4 Å². The summed E-state index contributed by atoms with van der Waals surface area (Å²) in [5.74, 6) is 0.981. The van der Waals surface area contributed by atoms with Crippen molar-refractivity contribution in [2.24, 2.45) is 10.4 Å². The predicted molar refractivity (Wildman–Crippen MR) is 108 cm³/mol. The SMILES string of the molecule is CN=C(NCC1(C(=O)N(C)C)CCCC1)NCC(C)(C)c1ccccc1. The zero-order valence-corrected chi connectivity index (χ0v) is 16.9. The molecule has 5 heteroatoms. The Bertz CT molecular complexity index is 616. The van der Waals surface area contributed by atoms with E-state index in [9.17, 15) is 4.79 Å². The Morgan fingerprint density at radius 1 is 1.15 bits per heavy atom. The first-order valence-electron chi connectivity index (χ1n) is 9.52. The molecule has 1 fully saturated rings. The summed E-state index contributed by atoms with van der Waals surface area (Å²) >= 11 is 0. The summed E-state index contributed by atoms with van der Waals surface area (Å²) in [6, 6.07) is 10.5. The van der Waals surface area contributed by atoms with Crippen LogP contribution in [-0.4, -0.2) is 51.0 Å². The van der Waals surface area contributed by atoms with Crippen molar-refractivity contribution in [3.63, 3.8) is 0 Å². The summed E-state index contributed by atoms with van der Waals surface area (Å²) in [5.41, 5.74) is 0.984. The Hall–Kier alpha value is -2.04. The monoisotopic (exact) mass is 358 g/mol. The number of aliphatic imine (C=N–C) groups is 1. The van der Waals surface area contributed by atoms with Gasteiger partial charge in [0.1, 0.15) is 0 Å². The zero-order chi connectivity index (χ0) is 19.2. The fourth-order valence-corrected chi connectivity index (χ4v) is 3.76. The number of carbonyl (C=O) groups is 1. The lowest BCUT2D eigenvalue weighted by Gasteiger charge is -2.32. The minimum absolute atomic E-state index is 0.0105. The summed E-state index contributed by atoms with van der Waals surface area (Å²) in [4.78, 5) is 18.8. The first kappa shape index (κ1) is 20.3. The molecule has 1 aliphatic rings. The number of nitrogens with zero attached hydrogens (tertiary/aromatic N) is 2. The molecule has 0 spiro atoms. The highest BCUT2D eigenvalue weighted by Crippen LogP contribution is 2.38. The van der Waals surface area contributed by atoms with E-state index < -0.39 is 0 Å². The van der Waals surface area contributed by atoms with Crippen LogP contribution in [0.5, 0.6) is 0 Å². The maximum absolute atomic E-state index is 12.7. The molecular formula is C21H34N4O. The number of carbonyl (C=O) groups excluding carboxylic acids is 1. The van der Waals surface area contributed by atoms with Gasteiger partial charge in [0.25, 0.3) is 0 Å². The lowest BCUT2D eigenvalue weighted by molar-refractivity contribution is -0.138. The molecule has 1 aliphatic carbocycles. The van der Waals surface area contributed by atoms with Gasteiger partial charge in [-0.15, -0.1) is 0 Å².